The lowest BCUT2D eigenvalue weighted by molar-refractivity contribution is -0.111. The molecule has 0 spiro atoms. The Bertz CT molecular complexity index is 435. The molecule has 0 saturated carbocycles. The zero-order chi connectivity index (χ0) is 13.4. The third-order valence-corrected chi connectivity index (χ3v) is 2.14. The molecule has 0 radical (unpaired) electrons. The molecule has 1 N–H and O–H groups in total. The van der Waals surface area contributed by atoms with E-state index in [4.69, 9.17) is 4.74 Å². The van der Waals surface area contributed by atoms with Crippen molar-refractivity contribution in [1.29, 1.82) is 0 Å². The van der Waals surface area contributed by atoms with Crippen LogP contribution in [-0.2, 0) is 9.53 Å². The smallest absolute Gasteiger partial charge is 0.338 e. The molecule has 0 bridgehead atoms. The minimum absolute atomic E-state index is 0.196. The Morgan fingerprint density at radius 2 is 1.94 bits per heavy atom. The van der Waals surface area contributed by atoms with Gasteiger partial charge in [-0.25, -0.2) is 4.79 Å². The first-order valence-corrected chi connectivity index (χ1v) is 5.88. The van der Waals surface area contributed by atoms with Crippen molar-refractivity contribution < 1.29 is 14.3 Å². The van der Waals surface area contributed by atoms with Crippen LogP contribution in [0, 0.1) is 0 Å². The van der Waals surface area contributed by atoms with Crippen LogP contribution in [0.2, 0.25) is 0 Å². The van der Waals surface area contributed by atoms with Gasteiger partial charge in [0.1, 0.15) is 0 Å². The normalized spacial score (nSPS) is 10.3. The number of hydrogen-bond acceptors (Lipinski definition) is 3. The highest BCUT2D eigenvalue weighted by molar-refractivity contribution is 5.99. The minimum Gasteiger partial charge on any atom is -0.462 e. The van der Waals surface area contributed by atoms with Crippen LogP contribution < -0.4 is 5.32 Å². The molecule has 0 aromatic heterocycles. The van der Waals surface area contributed by atoms with Gasteiger partial charge in [-0.1, -0.05) is 13.0 Å². The zero-order valence-corrected chi connectivity index (χ0v) is 10.6. The van der Waals surface area contributed by atoms with Crippen molar-refractivity contribution in [3.8, 4) is 0 Å². The van der Waals surface area contributed by atoms with Crippen LogP contribution in [0.25, 0.3) is 0 Å². The summed E-state index contributed by atoms with van der Waals surface area (Å²) in [6.45, 7) is 4.12. The first-order chi connectivity index (χ1) is 8.67. The first-order valence-electron chi connectivity index (χ1n) is 5.88. The molecule has 96 valence electrons. The average Bonchev–Trinajstić information content (AvgIpc) is 2.37. The summed E-state index contributed by atoms with van der Waals surface area (Å²) in [4.78, 5) is 22.8. The van der Waals surface area contributed by atoms with E-state index < -0.39 is 0 Å². The highest BCUT2D eigenvalue weighted by atomic mass is 16.5. The van der Waals surface area contributed by atoms with E-state index in [9.17, 15) is 9.59 Å². The second-order valence-electron chi connectivity index (χ2n) is 3.70. The molecule has 0 saturated heterocycles. The Labute approximate surface area is 107 Å². The number of amides is 1. The Balaban J connectivity index is 2.62. The van der Waals surface area contributed by atoms with Crippen LogP contribution in [0.5, 0.6) is 0 Å². The van der Waals surface area contributed by atoms with E-state index in [2.05, 4.69) is 5.32 Å². The standard InChI is InChI=1S/C14H17NO3/c1-3-5-13(16)15-12-8-6-11(7-9-12)14(17)18-10-4-2/h3,5-9H,4,10H2,1-2H3,(H,15,16). The van der Waals surface area contributed by atoms with Crippen molar-refractivity contribution in [3.63, 3.8) is 0 Å². The molecule has 18 heavy (non-hydrogen) atoms. The van der Waals surface area contributed by atoms with E-state index in [1.165, 1.54) is 6.08 Å². The highest BCUT2D eigenvalue weighted by Gasteiger charge is 2.06. The van der Waals surface area contributed by atoms with Crippen LogP contribution in [0.4, 0.5) is 5.69 Å². The number of nitrogens with one attached hydrogen (secondary N) is 1. The lowest BCUT2D eigenvalue weighted by atomic mass is 10.2. The second kappa shape index (κ2) is 7.27. The van der Waals surface area contributed by atoms with Crippen molar-refractivity contribution >= 4 is 17.6 Å². The summed E-state index contributed by atoms with van der Waals surface area (Å²) in [6, 6.07) is 6.60. The van der Waals surface area contributed by atoms with Gasteiger partial charge in [0.25, 0.3) is 0 Å². The fourth-order valence-corrected chi connectivity index (χ4v) is 1.30. The number of esters is 1. The maximum atomic E-state index is 11.5. The van der Waals surface area contributed by atoms with E-state index in [1.54, 1.807) is 37.3 Å². The third kappa shape index (κ3) is 4.41. The summed E-state index contributed by atoms with van der Waals surface area (Å²) in [5.74, 6) is -0.540. The number of allylic oxidation sites excluding steroid dienone is 1. The highest BCUT2D eigenvalue weighted by Crippen LogP contribution is 2.10. The molecule has 0 fully saturated rings. The van der Waals surface area contributed by atoms with Gasteiger partial charge in [-0.05, 0) is 43.7 Å². The molecule has 0 aliphatic rings. The number of carbonyl (C=O) groups is 2. The van der Waals surface area contributed by atoms with E-state index in [-0.39, 0.29) is 11.9 Å². The maximum Gasteiger partial charge on any atom is 0.338 e. The molecule has 4 heteroatoms. The van der Waals surface area contributed by atoms with Crippen LogP contribution >= 0.6 is 0 Å². The minimum atomic E-state index is -0.344. The van der Waals surface area contributed by atoms with E-state index in [0.717, 1.165) is 6.42 Å². The van der Waals surface area contributed by atoms with E-state index in [1.807, 2.05) is 6.92 Å². The van der Waals surface area contributed by atoms with Gasteiger partial charge in [0.2, 0.25) is 5.91 Å². The molecule has 0 heterocycles. The second-order valence-corrected chi connectivity index (χ2v) is 3.70. The van der Waals surface area contributed by atoms with E-state index in [0.29, 0.717) is 17.9 Å². The van der Waals surface area contributed by atoms with E-state index >= 15 is 0 Å². The largest absolute Gasteiger partial charge is 0.462 e. The molecule has 0 aliphatic heterocycles. The lowest BCUT2D eigenvalue weighted by Crippen LogP contribution is -2.09. The summed E-state index contributed by atoms with van der Waals surface area (Å²) in [5, 5.41) is 2.67. The predicted molar refractivity (Wildman–Crippen MR) is 70.5 cm³/mol. The molecule has 4 nitrogen and oxygen atoms in total. The Morgan fingerprint density at radius 1 is 1.28 bits per heavy atom. The molecular weight excluding hydrogens is 230 g/mol. The van der Waals surface area contributed by atoms with Crippen molar-refractivity contribution in [1.82, 2.24) is 0 Å². The van der Waals surface area contributed by atoms with Gasteiger partial charge >= 0.3 is 5.97 Å². The number of carbonyl (C=O) groups excluding carboxylic acids is 2. The number of anilines is 1. The monoisotopic (exact) mass is 247 g/mol. The summed E-state index contributed by atoms with van der Waals surface area (Å²) in [5.41, 5.74) is 1.12. The third-order valence-electron chi connectivity index (χ3n) is 2.14. The molecule has 1 aromatic carbocycles. The fraction of sp³-hybridized carbons (Fsp3) is 0.286. The van der Waals surface area contributed by atoms with Gasteiger partial charge in [0.05, 0.1) is 12.2 Å². The van der Waals surface area contributed by atoms with Gasteiger partial charge in [-0.15, -0.1) is 0 Å². The van der Waals surface area contributed by atoms with Crippen LogP contribution in [-0.4, -0.2) is 18.5 Å². The number of rotatable bonds is 5. The molecule has 0 aliphatic carbocycles. The predicted octanol–water partition coefficient (Wildman–Crippen LogP) is 2.77. The van der Waals surface area contributed by atoms with Crippen LogP contribution in [0.15, 0.2) is 36.4 Å². The Kier molecular flexibility index (Phi) is 5.64. The molecule has 0 unspecified atom stereocenters. The van der Waals surface area contributed by atoms with Crippen molar-refractivity contribution in [2.75, 3.05) is 11.9 Å². The molecular formula is C14H17NO3. The number of benzene rings is 1. The van der Waals surface area contributed by atoms with Gasteiger partial charge < -0.3 is 10.1 Å². The summed E-state index contributed by atoms with van der Waals surface area (Å²) < 4.78 is 5.00. The summed E-state index contributed by atoms with van der Waals surface area (Å²) in [7, 11) is 0. The average molecular weight is 247 g/mol. The van der Waals surface area contributed by atoms with Gasteiger partial charge in [0, 0.05) is 5.69 Å². The van der Waals surface area contributed by atoms with Crippen LogP contribution in [0.1, 0.15) is 30.6 Å². The number of hydrogen-bond donors (Lipinski definition) is 1. The SMILES string of the molecule is CC=CC(=O)Nc1ccc(C(=O)OCCC)cc1. The van der Waals surface area contributed by atoms with Crippen molar-refractivity contribution in [2.24, 2.45) is 0 Å². The lowest BCUT2D eigenvalue weighted by Gasteiger charge is -2.05. The van der Waals surface area contributed by atoms with Crippen LogP contribution in [0.3, 0.4) is 0 Å². The molecule has 1 amide bonds. The topological polar surface area (TPSA) is 55.4 Å². The molecule has 1 aromatic rings. The van der Waals surface area contributed by atoms with Gasteiger partial charge in [-0.2, -0.15) is 0 Å². The molecule has 0 atom stereocenters. The zero-order valence-electron chi connectivity index (χ0n) is 10.6. The quantitative estimate of drug-likeness (QED) is 0.643. The molecule has 1 rings (SSSR count). The Morgan fingerprint density at radius 3 is 2.50 bits per heavy atom. The summed E-state index contributed by atoms with van der Waals surface area (Å²) >= 11 is 0. The fourth-order valence-electron chi connectivity index (χ4n) is 1.30. The first kappa shape index (κ1) is 14.0. The number of ether oxygens (including phenoxy) is 1. The Hall–Kier alpha value is -2.10. The van der Waals surface area contributed by atoms with Gasteiger partial charge in [-0.3, -0.25) is 4.79 Å². The van der Waals surface area contributed by atoms with Crippen molar-refractivity contribution in [3.05, 3.63) is 42.0 Å². The summed E-state index contributed by atoms with van der Waals surface area (Å²) in [6.07, 6.45) is 3.89. The van der Waals surface area contributed by atoms with Gasteiger partial charge in [0.15, 0.2) is 0 Å². The maximum absolute atomic E-state index is 11.5. The van der Waals surface area contributed by atoms with Crippen molar-refractivity contribution in [2.45, 2.75) is 20.3 Å².